The van der Waals surface area contributed by atoms with E-state index >= 15 is 0 Å². The van der Waals surface area contributed by atoms with E-state index < -0.39 is 5.82 Å². The normalized spacial score (nSPS) is 10.6. The minimum atomic E-state index is -0.467. The highest BCUT2D eigenvalue weighted by molar-refractivity contribution is 9.10. The fourth-order valence-electron chi connectivity index (χ4n) is 1.23. The highest BCUT2D eigenvalue weighted by Gasteiger charge is 2.09. The van der Waals surface area contributed by atoms with Gasteiger partial charge in [-0.05, 0) is 12.1 Å². The predicted molar refractivity (Wildman–Crippen MR) is 73.6 cm³/mol. The standard InChI is InChI=1S/C10H6BrCl2FN2S/c11-5-1-7(12)9(14)8(2-5)15-3-6-4-16-10(13)17-6/h1-2,4,15H,3H2. The number of aromatic nitrogens is 1. The third kappa shape index (κ3) is 3.31. The molecule has 1 heterocycles. The van der Waals surface area contributed by atoms with E-state index in [4.69, 9.17) is 23.2 Å². The number of benzene rings is 1. The Morgan fingerprint density at radius 3 is 2.82 bits per heavy atom. The number of thiazole rings is 1. The van der Waals surface area contributed by atoms with Crippen LogP contribution in [0.4, 0.5) is 10.1 Å². The molecule has 0 spiro atoms. The fraction of sp³-hybridized carbons (Fsp3) is 0.100. The van der Waals surface area contributed by atoms with Crippen molar-refractivity contribution in [2.45, 2.75) is 6.54 Å². The van der Waals surface area contributed by atoms with Crippen molar-refractivity contribution < 1.29 is 4.39 Å². The van der Waals surface area contributed by atoms with Gasteiger partial charge in [0.05, 0.1) is 17.3 Å². The highest BCUT2D eigenvalue weighted by atomic mass is 79.9. The van der Waals surface area contributed by atoms with Crippen molar-refractivity contribution in [2.75, 3.05) is 5.32 Å². The van der Waals surface area contributed by atoms with Crippen LogP contribution in [-0.4, -0.2) is 4.98 Å². The molecule has 1 N–H and O–H groups in total. The molecule has 1 aromatic carbocycles. The number of anilines is 1. The second kappa shape index (κ2) is 5.52. The minimum absolute atomic E-state index is 0.0733. The summed E-state index contributed by atoms with van der Waals surface area (Å²) in [6, 6.07) is 3.13. The van der Waals surface area contributed by atoms with E-state index in [0.29, 0.717) is 21.2 Å². The van der Waals surface area contributed by atoms with Crippen molar-refractivity contribution in [1.29, 1.82) is 0 Å². The maximum absolute atomic E-state index is 13.6. The van der Waals surface area contributed by atoms with Crippen molar-refractivity contribution >= 4 is 56.2 Å². The zero-order valence-corrected chi connectivity index (χ0v) is 12.2. The van der Waals surface area contributed by atoms with E-state index in [2.05, 4.69) is 26.2 Å². The summed E-state index contributed by atoms with van der Waals surface area (Å²) in [5, 5.41) is 3.02. The molecule has 2 rings (SSSR count). The molecule has 0 atom stereocenters. The van der Waals surface area contributed by atoms with Crippen LogP contribution in [0.2, 0.25) is 9.49 Å². The molecule has 0 aliphatic rings. The largest absolute Gasteiger partial charge is 0.378 e. The average Bonchev–Trinajstić information content (AvgIpc) is 2.67. The molecule has 2 aromatic rings. The van der Waals surface area contributed by atoms with E-state index in [0.717, 1.165) is 4.88 Å². The molecule has 17 heavy (non-hydrogen) atoms. The molecule has 0 unspecified atom stereocenters. The summed E-state index contributed by atoms with van der Waals surface area (Å²) in [4.78, 5) is 4.82. The van der Waals surface area contributed by atoms with Crippen LogP contribution in [0, 0.1) is 5.82 Å². The van der Waals surface area contributed by atoms with Gasteiger partial charge in [0, 0.05) is 15.5 Å². The lowest BCUT2D eigenvalue weighted by molar-refractivity contribution is 0.630. The summed E-state index contributed by atoms with van der Waals surface area (Å²) in [6.45, 7) is 0.452. The SMILES string of the molecule is Fc1c(Cl)cc(Br)cc1NCc1cnc(Cl)s1. The first-order valence-electron chi connectivity index (χ1n) is 4.55. The van der Waals surface area contributed by atoms with Crippen LogP contribution < -0.4 is 5.32 Å². The molecular formula is C10H6BrCl2FN2S. The van der Waals surface area contributed by atoms with Crippen LogP contribution in [-0.2, 0) is 6.54 Å². The van der Waals surface area contributed by atoms with Gasteiger partial charge in [-0.3, -0.25) is 0 Å². The molecule has 0 amide bonds. The van der Waals surface area contributed by atoms with Crippen LogP contribution in [0.15, 0.2) is 22.8 Å². The summed E-state index contributed by atoms with van der Waals surface area (Å²) < 4.78 is 14.8. The summed E-state index contributed by atoms with van der Waals surface area (Å²) in [5.74, 6) is -0.467. The molecule has 0 fully saturated rings. The zero-order valence-electron chi connectivity index (χ0n) is 8.31. The Bertz CT molecular complexity index is 547. The summed E-state index contributed by atoms with van der Waals surface area (Å²) in [6.07, 6.45) is 1.65. The Hall–Kier alpha value is -0.360. The lowest BCUT2D eigenvalue weighted by Gasteiger charge is -2.07. The van der Waals surface area contributed by atoms with Crippen LogP contribution in [0.1, 0.15) is 4.88 Å². The number of rotatable bonds is 3. The van der Waals surface area contributed by atoms with E-state index in [-0.39, 0.29) is 5.02 Å². The van der Waals surface area contributed by atoms with Crippen LogP contribution in [0.25, 0.3) is 0 Å². The topological polar surface area (TPSA) is 24.9 Å². The number of hydrogen-bond donors (Lipinski definition) is 1. The molecular weight excluding hydrogens is 350 g/mol. The van der Waals surface area contributed by atoms with Crippen molar-refractivity contribution in [2.24, 2.45) is 0 Å². The van der Waals surface area contributed by atoms with E-state index in [9.17, 15) is 4.39 Å². The second-order valence-electron chi connectivity index (χ2n) is 3.18. The molecule has 0 aliphatic heterocycles. The second-order valence-corrected chi connectivity index (χ2v) is 6.20. The van der Waals surface area contributed by atoms with Gasteiger partial charge in [0.15, 0.2) is 10.3 Å². The first-order valence-corrected chi connectivity index (χ1v) is 6.91. The third-order valence-electron chi connectivity index (χ3n) is 1.97. The lowest BCUT2D eigenvalue weighted by atomic mass is 10.3. The Kier molecular flexibility index (Phi) is 4.25. The van der Waals surface area contributed by atoms with E-state index in [1.54, 1.807) is 12.3 Å². The van der Waals surface area contributed by atoms with Gasteiger partial charge in [-0.1, -0.05) is 39.1 Å². The molecule has 7 heteroatoms. The monoisotopic (exact) mass is 354 g/mol. The fourth-order valence-corrected chi connectivity index (χ4v) is 2.96. The van der Waals surface area contributed by atoms with E-state index in [1.807, 2.05) is 0 Å². The molecule has 0 bridgehead atoms. The minimum Gasteiger partial charge on any atom is -0.378 e. The van der Waals surface area contributed by atoms with Gasteiger partial charge in [0.2, 0.25) is 0 Å². The maximum Gasteiger partial charge on any atom is 0.183 e. The summed E-state index contributed by atoms with van der Waals surface area (Å²) in [5.41, 5.74) is 0.342. The predicted octanol–water partition coefficient (Wildman–Crippen LogP) is 4.96. The van der Waals surface area contributed by atoms with E-state index in [1.165, 1.54) is 17.4 Å². The van der Waals surface area contributed by atoms with Gasteiger partial charge in [-0.2, -0.15) is 0 Å². The molecule has 90 valence electrons. The summed E-state index contributed by atoms with van der Waals surface area (Å²) >= 11 is 16.0. The van der Waals surface area contributed by atoms with Crippen molar-refractivity contribution in [3.8, 4) is 0 Å². The summed E-state index contributed by atoms with van der Waals surface area (Å²) in [7, 11) is 0. The molecule has 0 saturated heterocycles. The highest BCUT2D eigenvalue weighted by Crippen LogP contribution is 2.28. The number of nitrogens with one attached hydrogen (secondary N) is 1. The first kappa shape index (κ1) is 13.1. The smallest absolute Gasteiger partial charge is 0.183 e. The van der Waals surface area contributed by atoms with Gasteiger partial charge in [-0.15, -0.1) is 11.3 Å². The van der Waals surface area contributed by atoms with Crippen molar-refractivity contribution in [1.82, 2.24) is 4.98 Å². The van der Waals surface area contributed by atoms with Gasteiger partial charge in [-0.25, -0.2) is 9.37 Å². The zero-order chi connectivity index (χ0) is 12.4. The molecule has 1 aromatic heterocycles. The Balaban J connectivity index is 2.14. The van der Waals surface area contributed by atoms with Gasteiger partial charge in [0.25, 0.3) is 0 Å². The number of nitrogens with zero attached hydrogens (tertiary/aromatic N) is 1. The number of halogens is 4. The Morgan fingerprint density at radius 1 is 1.41 bits per heavy atom. The Labute approximate surface area is 120 Å². The van der Waals surface area contributed by atoms with Crippen LogP contribution in [0.5, 0.6) is 0 Å². The average molecular weight is 356 g/mol. The lowest BCUT2D eigenvalue weighted by Crippen LogP contribution is -2.00. The van der Waals surface area contributed by atoms with Crippen molar-refractivity contribution in [3.05, 3.63) is 43.0 Å². The molecule has 0 saturated carbocycles. The van der Waals surface area contributed by atoms with Crippen LogP contribution >= 0.6 is 50.5 Å². The van der Waals surface area contributed by atoms with Gasteiger partial charge < -0.3 is 5.32 Å². The van der Waals surface area contributed by atoms with Gasteiger partial charge >= 0.3 is 0 Å². The Morgan fingerprint density at radius 2 is 2.18 bits per heavy atom. The van der Waals surface area contributed by atoms with Crippen LogP contribution in [0.3, 0.4) is 0 Å². The third-order valence-corrected chi connectivity index (χ3v) is 3.82. The first-order chi connectivity index (χ1) is 8.06. The maximum atomic E-state index is 13.6. The molecule has 0 radical (unpaired) electrons. The molecule has 0 aliphatic carbocycles. The molecule has 2 nitrogen and oxygen atoms in total. The van der Waals surface area contributed by atoms with Gasteiger partial charge in [0.1, 0.15) is 0 Å². The number of hydrogen-bond acceptors (Lipinski definition) is 3. The van der Waals surface area contributed by atoms with Crippen molar-refractivity contribution in [3.63, 3.8) is 0 Å². The quantitative estimate of drug-likeness (QED) is 0.786.